The molecule has 1 unspecified atom stereocenters. The van der Waals surface area contributed by atoms with E-state index in [9.17, 15) is 15.0 Å². The van der Waals surface area contributed by atoms with Crippen LogP contribution in [0, 0.1) is 0 Å². The Morgan fingerprint density at radius 1 is 0.818 bits per heavy atom. The first-order chi connectivity index (χ1) is 10.6. The van der Waals surface area contributed by atoms with E-state index in [1.54, 1.807) is 12.2 Å². The first kappa shape index (κ1) is 21.1. The van der Waals surface area contributed by atoms with Crippen LogP contribution in [0.3, 0.4) is 0 Å². The summed E-state index contributed by atoms with van der Waals surface area (Å²) in [6, 6.07) is 0. The van der Waals surface area contributed by atoms with Gasteiger partial charge in [-0.15, -0.1) is 0 Å². The molecule has 0 radical (unpaired) electrons. The van der Waals surface area contributed by atoms with Crippen molar-refractivity contribution in [2.45, 2.75) is 96.2 Å². The molecule has 0 saturated heterocycles. The average molecular weight is 314 g/mol. The van der Waals surface area contributed by atoms with Crippen molar-refractivity contribution >= 4 is 5.97 Å². The summed E-state index contributed by atoms with van der Waals surface area (Å²) in [4.78, 5) is 10.3. The number of rotatable bonds is 15. The highest BCUT2D eigenvalue weighted by Gasteiger charge is 2.03. The summed E-state index contributed by atoms with van der Waals surface area (Å²) >= 11 is 0. The number of aliphatic carboxylic acids is 1. The van der Waals surface area contributed by atoms with Gasteiger partial charge in [-0.05, 0) is 19.3 Å². The van der Waals surface area contributed by atoms with Gasteiger partial charge in [0.05, 0.1) is 12.2 Å². The topological polar surface area (TPSA) is 77.8 Å². The summed E-state index contributed by atoms with van der Waals surface area (Å²) < 4.78 is 0. The van der Waals surface area contributed by atoms with Crippen molar-refractivity contribution in [3.8, 4) is 0 Å². The largest absolute Gasteiger partial charge is 0.481 e. The van der Waals surface area contributed by atoms with Gasteiger partial charge in [-0.3, -0.25) is 4.79 Å². The van der Waals surface area contributed by atoms with Crippen LogP contribution in [0.1, 0.15) is 84.0 Å². The van der Waals surface area contributed by atoms with Crippen molar-refractivity contribution in [1.29, 1.82) is 0 Å². The van der Waals surface area contributed by atoms with Gasteiger partial charge in [-0.25, -0.2) is 0 Å². The number of unbranched alkanes of at least 4 members (excludes halogenated alkanes) is 7. The minimum absolute atomic E-state index is 0.197. The highest BCUT2D eigenvalue weighted by atomic mass is 16.4. The molecule has 0 aliphatic heterocycles. The minimum Gasteiger partial charge on any atom is -0.481 e. The molecule has 0 aliphatic carbocycles. The van der Waals surface area contributed by atoms with E-state index in [4.69, 9.17) is 5.11 Å². The first-order valence-corrected chi connectivity index (χ1v) is 8.82. The summed E-state index contributed by atoms with van der Waals surface area (Å²) in [6.07, 6.45) is 13.5. The smallest absolute Gasteiger partial charge is 0.303 e. The molecular formula is C18H34O4. The number of carbonyl (C=O) groups is 1. The van der Waals surface area contributed by atoms with E-state index in [0.717, 1.165) is 32.1 Å². The SMILES string of the molecule is CCCCCCCC[C@H](O)C=CC(O)CCCCCC(=O)O. The highest BCUT2D eigenvalue weighted by Crippen LogP contribution is 2.11. The second kappa shape index (κ2) is 15.0. The Bertz CT molecular complexity index is 289. The van der Waals surface area contributed by atoms with Crippen molar-refractivity contribution in [3.63, 3.8) is 0 Å². The van der Waals surface area contributed by atoms with Crippen molar-refractivity contribution in [2.75, 3.05) is 0 Å². The Balaban J connectivity index is 3.52. The standard InChI is InChI=1S/C18H34O4/c1-2-3-4-5-6-8-11-16(19)14-15-17(20)12-9-7-10-13-18(21)22/h14-17,19-20H,2-13H2,1H3,(H,21,22)/t16-,17?/m0/s1. The lowest BCUT2D eigenvalue weighted by Gasteiger charge is -2.08. The second-order valence-electron chi connectivity index (χ2n) is 6.07. The van der Waals surface area contributed by atoms with Crippen molar-refractivity contribution in [2.24, 2.45) is 0 Å². The van der Waals surface area contributed by atoms with Gasteiger partial charge in [0.15, 0.2) is 0 Å². The molecule has 2 atom stereocenters. The molecule has 4 heteroatoms. The molecule has 0 saturated carbocycles. The van der Waals surface area contributed by atoms with Crippen LogP contribution in [-0.4, -0.2) is 33.5 Å². The predicted octanol–water partition coefficient (Wildman–Crippen LogP) is 4.05. The van der Waals surface area contributed by atoms with E-state index in [0.29, 0.717) is 12.8 Å². The molecule has 22 heavy (non-hydrogen) atoms. The molecule has 0 bridgehead atoms. The highest BCUT2D eigenvalue weighted by molar-refractivity contribution is 5.66. The number of carboxylic acids is 1. The zero-order valence-electron chi connectivity index (χ0n) is 14.0. The molecule has 3 N–H and O–H groups in total. The summed E-state index contributed by atoms with van der Waals surface area (Å²) in [6.45, 7) is 2.20. The Morgan fingerprint density at radius 3 is 1.77 bits per heavy atom. The Morgan fingerprint density at radius 2 is 1.27 bits per heavy atom. The fourth-order valence-electron chi connectivity index (χ4n) is 2.39. The molecule has 0 aromatic carbocycles. The number of aliphatic hydroxyl groups excluding tert-OH is 2. The fourth-order valence-corrected chi connectivity index (χ4v) is 2.39. The minimum atomic E-state index is -0.765. The van der Waals surface area contributed by atoms with Crippen molar-refractivity contribution in [3.05, 3.63) is 12.2 Å². The quantitative estimate of drug-likeness (QED) is 0.315. The summed E-state index contributed by atoms with van der Waals surface area (Å²) in [7, 11) is 0. The normalized spacial score (nSPS) is 14.3. The zero-order chi connectivity index (χ0) is 16.6. The van der Waals surface area contributed by atoms with E-state index in [1.807, 2.05) is 0 Å². The lowest BCUT2D eigenvalue weighted by molar-refractivity contribution is -0.137. The van der Waals surface area contributed by atoms with Gasteiger partial charge in [0, 0.05) is 6.42 Å². The van der Waals surface area contributed by atoms with Crippen molar-refractivity contribution < 1.29 is 20.1 Å². The molecule has 0 aromatic rings. The Hall–Kier alpha value is -0.870. The lowest BCUT2D eigenvalue weighted by atomic mass is 10.1. The van der Waals surface area contributed by atoms with Crippen LogP contribution >= 0.6 is 0 Å². The summed E-state index contributed by atoms with van der Waals surface area (Å²) in [5.74, 6) is -0.765. The van der Waals surface area contributed by atoms with E-state index in [2.05, 4.69) is 6.92 Å². The number of aliphatic hydroxyl groups is 2. The average Bonchev–Trinajstić information content (AvgIpc) is 2.48. The monoisotopic (exact) mass is 314 g/mol. The van der Waals surface area contributed by atoms with Gasteiger partial charge < -0.3 is 15.3 Å². The number of hydrogen-bond donors (Lipinski definition) is 3. The first-order valence-electron chi connectivity index (χ1n) is 8.82. The molecule has 0 rings (SSSR count). The molecular weight excluding hydrogens is 280 g/mol. The van der Waals surface area contributed by atoms with Crippen LogP contribution in [0.15, 0.2) is 12.2 Å². The summed E-state index contributed by atoms with van der Waals surface area (Å²) in [5.41, 5.74) is 0. The van der Waals surface area contributed by atoms with Crippen LogP contribution in [0.4, 0.5) is 0 Å². The van der Waals surface area contributed by atoms with E-state index in [-0.39, 0.29) is 6.42 Å². The second-order valence-corrected chi connectivity index (χ2v) is 6.07. The van der Waals surface area contributed by atoms with Gasteiger partial charge in [0.25, 0.3) is 0 Å². The molecule has 0 amide bonds. The maximum absolute atomic E-state index is 10.3. The van der Waals surface area contributed by atoms with Crippen LogP contribution in [0.25, 0.3) is 0 Å². The number of hydrogen-bond acceptors (Lipinski definition) is 3. The molecule has 0 spiro atoms. The molecule has 0 aromatic heterocycles. The third-order valence-electron chi connectivity index (χ3n) is 3.80. The lowest BCUT2D eigenvalue weighted by Crippen LogP contribution is -2.07. The van der Waals surface area contributed by atoms with E-state index < -0.39 is 18.2 Å². The molecule has 0 aliphatic rings. The zero-order valence-corrected chi connectivity index (χ0v) is 14.0. The van der Waals surface area contributed by atoms with Crippen molar-refractivity contribution in [1.82, 2.24) is 0 Å². The maximum atomic E-state index is 10.3. The predicted molar refractivity (Wildman–Crippen MR) is 89.9 cm³/mol. The van der Waals surface area contributed by atoms with Gasteiger partial charge >= 0.3 is 5.97 Å². The van der Waals surface area contributed by atoms with Crippen LogP contribution in [0.2, 0.25) is 0 Å². The molecule has 130 valence electrons. The van der Waals surface area contributed by atoms with Crippen LogP contribution in [0.5, 0.6) is 0 Å². The van der Waals surface area contributed by atoms with Crippen LogP contribution in [-0.2, 0) is 4.79 Å². The number of carboxylic acid groups (broad SMARTS) is 1. The van der Waals surface area contributed by atoms with Gasteiger partial charge in [0.2, 0.25) is 0 Å². The van der Waals surface area contributed by atoms with Crippen LogP contribution < -0.4 is 0 Å². The third-order valence-corrected chi connectivity index (χ3v) is 3.80. The summed E-state index contributed by atoms with van der Waals surface area (Å²) in [5, 5.41) is 28.1. The Kier molecular flexibility index (Phi) is 14.4. The van der Waals surface area contributed by atoms with Gasteiger partial charge in [-0.2, -0.15) is 0 Å². The molecule has 0 fully saturated rings. The Labute approximate surface area is 135 Å². The van der Waals surface area contributed by atoms with Gasteiger partial charge in [0.1, 0.15) is 0 Å². The fraction of sp³-hybridized carbons (Fsp3) is 0.833. The molecule has 0 heterocycles. The van der Waals surface area contributed by atoms with E-state index >= 15 is 0 Å². The van der Waals surface area contributed by atoms with Gasteiger partial charge in [-0.1, -0.05) is 70.4 Å². The maximum Gasteiger partial charge on any atom is 0.303 e. The molecule has 4 nitrogen and oxygen atoms in total. The third kappa shape index (κ3) is 15.5. The van der Waals surface area contributed by atoms with E-state index in [1.165, 1.54) is 25.7 Å².